The highest BCUT2D eigenvalue weighted by atomic mass is 32.1. The van der Waals surface area contributed by atoms with E-state index in [-0.39, 0.29) is 23.6 Å². The zero-order valence-electron chi connectivity index (χ0n) is 18.9. The smallest absolute Gasteiger partial charge is 0.315 e. The van der Waals surface area contributed by atoms with E-state index in [9.17, 15) is 14.4 Å². The lowest BCUT2D eigenvalue weighted by Gasteiger charge is -2.20. The number of aryl methyl sites for hydroxylation is 2. The van der Waals surface area contributed by atoms with E-state index >= 15 is 0 Å². The van der Waals surface area contributed by atoms with E-state index in [2.05, 4.69) is 4.98 Å². The minimum atomic E-state index is -0.492. The second-order valence-electron chi connectivity index (χ2n) is 8.13. The van der Waals surface area contributed by atoms with Crippen LogP contribution in [-0.4, -0.2) is 29.6 Å². The van der Waals surface area contributed by atoms with Crippen LogP contribution in [0.2, 0.25) is 0 Å². The van der Waals surface area contributed by atoms with Gasteiger partial charge in [0.25, 0.3) is 5.56 Å². The van der Waals surface area contributed by atoms with Gasteiger partial charge in [-0.2, -0.15) is 0 Å². The number of aromatic nitrogens is 5. The molecule has 5 aromatic rings. The minimum absolute atomic E-state index is 0.119. The topological polar surface area (TPSA) is 95.0 Å². The van der Waals surface area contributed by atoms with Gasteiger partial charge in [-0.1, -0.05) is 53.8 Å². The first-order valence-electron chi connectivity index (χ1n) is 10.7. The summed E-state index contributed by atoms with van der Waals surface area (Å²) >= 11 is 1.45. The number of nitrogens with zero attached hydrogens (tertiary/aromatic N) is 6. The summed E-state index contributed by atoms with van der Waals surface area (Å²) in [4.78, 5) is 49.3. The summed E-state index contributed by atoms with van der Waals surface area (Å²) in [6.07, 6.45) is 1.42. The maximum Gasteiger partial charge on any atom is 0.332 e. The summed E-state index contributed by atoms with van der Waals surface area (Å²) in [7, 11) is 2.96. The third kappa shape index (κ3) is 3.61. The van der Waals surface area contributed by atoms with Gasteiger partial charge in [0, 0.05) is 14.1 Å². The van der Waals surface area contributed by atoms with Gasteiger partial charge >= 0.3 is 5.69 Å². The number of benzene rings is 2. The molecule has 0 spiro atoms. The van der Waals surface area contributed by atoms with Crippen LogP contribution in [0.1, 0.15) is 11.1 Å². The molecular formula is C24H22N6O3S. The lowest BCUT2D eigenvalue weighted by Crippen LogP contribution is -2.38. The first kappa shape index (κ1) is 21.8. The van der Waals surface area contributed by atoms with E-state index in [1.807, 2.05) is 55.5 Å². The van der Waals surface area contributed by atoms with Crippen LogP contribution in [0.3, 0.4) is 0 Å². The van der Waals surface area contributed by atoms with Crippen molar-refractivity contribution in [2.24, 2.45) is 14.1 Å². The Labute approximate surface area is 198 Å². The molecule has 0 atom stereocenters. The number of imidazole rings is 1. The standard InChI is InChI=1S/C24H22N6O3S/c1-15-8-7-11-17-19(15)26-23(34-17)30(12-16-9-5-4-6-10-16)18(31)13-29-14-25-21-20(29)22(32)28(3)24(33)27(21)2/h4-11,14H,12-13H2,1-3H3. The molecule has 0 aliphatic rings. The number of amides is 1. The van der Waals surface area contributed by atoms with Crippen molar-refractivity contribution in [3.05, 3.63) is 86.8 Å². The van der Waals surface area contributed by atoms with E-state index in [1.54, 1.807) is 11.9 Å². The van der Waals surface area contributed by atoms with Crippen LogP contribution in [0.25, 0.3) is 21.4 Å². The molecule has 3 aromatic heterocycles. The summed E-state index contributed by atoms with van der Waals surface area (Å²) in [5, 5.41) is 0.586. The molecule has 0 saturated heterocycles. The maximum absolute atomic E-state index is 13.6. The Morgan fingerprint density at radius 1 is 1.03 bits per heavy atom. The molecule has 3 heterocycles. The Morgan fingerprint density at radius 3 is 2.53 bits per heavy atom. The van der Waals surface area contributed by atoms with Crippen LogP contribution >= 0.6 is 11.3 Å². The number of fused-ring (bicyclic) bond motifs is 2. The first-order valence-corrected chi connectivity index (χ1v) is 11.5. The molecule has 34 heavy (non-hydrogen) atoms. The van der Waals surface area contributed by atoms with Crippen molar-refractivity contribution in [1.82, 2.24) is 23.7 Å². The average Bonchev–Trinajstić information content (AvgIpc) is 3.46. The van der Waals surface area contributed by atoms with Gasteiger partial charge in [-0.15, -0.1) is 0 Å². The predicted octanol–water partition coefficient (Wildman–Crippen LogP) is 2.59. The van der Waals surface area contributed by atoms with Gasteiger partial charge in [-0.3, -0.25) is 23.6 Å². The largest absolute Gasteiger partial charge is 0.332 e. The van der Waals surface area contributed by atoms with Crippen LogP contribution in [0, 0.1) is 6.92 Å². The van der Waals surface area contributed by atoms with Crippen molar-refractivity contribution in [3.63, 3.8) is 0 Å². The minimum Gasteiger partial charge on any atom is -0.315 e. The van der Waals surface area contributed by atoms with E-state index in [1.165, 1.54) is 33.8 Å². The number of thiazole rings is 1. The van der Waals surface area contributed by atoms with Crippen molar-refractivity contribution >= 4 is 43.8 Å². The van der Waals surface area contributed by atoms with Crippen molar-refractivity contribution in [2.45, 2.75) is 20.0 Å². The van der Waals surface area contributed by atoms with E-state index < -0.39 is 11.2 Å². The maximum atomic E-state index is 13.6. The van der Waals surface area contributed by atoms with Gasteiger partial charge in [0.05, 0.1) is 23.1 Å². The summed E-state index contributed by atoms with van der Waals surface area (Å²) in [6.45, 7) is 2.21. The van der Waals surface area contributed by atoms with Crippen LogP contribution < -0.4 is 16.1 Å². The molecule has 0 radical (unpaired) electrons. The molecule has 1 amide bonds. The van der Waals surface area contributed by atoms with Gasteiger partial charge in [-0.05, 0) is 24.1 Å². The lowest BCUT2D eigenvalue weighted by molar-refractivity contribution is -0.119. The zero-order chi connectivity index (χ0) is 24.0. The lowest BCUT2D eigenvalue weighted by atomic mass is 10.2. The molecule has 0 aliphatic heterocycles. The second-order valence-corrected chi connectivity index (χ2v) is 9.14. The fraction of sp³-hybridized carbons (Fsp3) is 0.208. The van der Waals surface area contributed by atoms with Gasteiger partial charge < -0.3 is 4.57 Å². The Kier molecular flexibility index (Phi) is 5.37. The third-order valence-corrected chi connectivity index (χ3v) is 6.89. The molecule has 5 rings (SSSR count). The Hall–Kier alpha value is -4.05. The summed E-state index contributed by atoms with van der Waals surface area (Å²) in [6, 6.07) is 15.6. The molecule has 172 valence electrons. The molecule has 10 heteroatoms. The molecule has 9 nitrogen and oxygen atoms in total. The third-order valence-electron chi connectivity index (χ3n) is 5.85. The Bertz CT molecular complexity index is 1660. The molecule has 0 fully saturated rings. The van der Waals surface area contributed by atoms with Crippen molar-refractivity contribution < 1.29 is 4.79 Å². The molecule has 0 bridgehead atoms. The highest BCUT2D eigenvalue weighted by molar-refractivity contribution is 7.22. The van der Waals surface area contributed by atoms with Crippen LogP contribution in [-0.2, 0) is 32.0 Å². The Morgan fingerprint density at radius 2 is 1.79 bits per heavy atom. The predicted molar refractivity (Wildman–Crippen MR) is 132 cm³/mol. The SMILES string of the molecule is Cc1cccc2sc(N(Cc3ccccc3)C(=O)Cn3cnc4c3c(=O)n(C)c(=O)n4C)nc12. The summed E-state index contributed by atoms with van der Waals surface area (Å²) in [5.74, 6) is -0.240. The van der Waals surface area contributed by atoms with Gasteiger partial charge in [-0.25, -0.2) is 14.8 Å². The van der Waals surface area contributed by atoms with Crippen molar-refractivity contribution in [3.8, 4) is 0 Å². The molecular weight excluding hydrogens is 452 g/mol. The molecule has 0 saturated carbocycles. The monoisotopic (exact) mass is 474 g/mol. The molecule has 2 aromatic carbocycles. The summed E-state index contributed by atoms with van der Waals surface area (Å²) < 4.78 is 4.81. The molecule has 0 unspecified atom stereocenters. The van der Waals surface area contributed by atoms with Crippen LogP contribution in [0.15, 0.2) is 64.4 Å². The molecule has 0 N–H and O–H groups in total. The number of carbonyl (C=O) groups excluding carboxylic acids is 1. The summed E-state index contributed by atoms with van der Waals surface area (Å²) in [5.41, 5.74) is 2.35. The van der Waals surface area contributed by atoms with Crippen LogP contribution in [0.5, 0.6) is 0 Å². The van der Waals surface area contributed by atoms with E-state index in [4.69, 9.17) is 4.98 Å². The Balaban J connectivity index is 1.58. The molecule has 0 aliphatic carbocycles. The van der Waals surface area contributed by atoms with Gasteiger partial charge in [0.2, 0.25) is 5.91 Å². The fourth-order valence-electron chi connectivity index (χ4n) is 3.97. The quantitative estimate of drug-likeness (QED) is 0.390. The number of carbonyl (C=O) groups is 1. The van der Waals surface area contributed by atoms with Crippen LogP contribution in [0.4, 0.5) is 5.13 Å². The van der Waals surface area contributed by atoms with Gasteiger partial charge in [0.15, 0.2) is 16.3 Å². The number of anilines is 1. The van der Waals surface area contributed by atoms with Gasteiger partial charge in [0.1, 0.15) is 6.54 Å². The number of hydrogen-bond donors (Lipinski definition) is 0. The highest BCUT2D eigenvalue weighted by Crippen LogP contribution is 2.31. The van der Waals surface area contributed by atoms with Crippen molar-refractivity contribution in [2.75, 3.05) is 4.90 Å². The first-order chi connectivity index (χ1) is 16.3. The normalized spacial score (nSPS) is 11.4. The number of rotatable bonds is 5. The van der Waals surface area contributed by atoms with E-state index in [0.717, 1.165) is 25.9 Å². The fourth-order valence-corrected chi connectivity index (χ4v) is 5.03. The van der Waals surface area contributed by atoms with E-state index in [0.29, 0.717) is 11.7 Å². The second kappa shape index (κ2) is 8.38. The average molecular weight is 475 g/mol. The zero-order valence-corrected chi connectivity index (χ0v) is 19.7. The van der Waals surface area contributed by atoms with Crippen molar-refractivity contribution in [1.29, 1.82) is 0 Å². The number of para-hydroxylation sites is 1. The number of hydrogen-bond acceptors (Lipinski definition) is 6. The highest BCUT2D eigenvalue weighted by Gasteiger charge is 2.23.